The predicted octanol–water partition coefficient (Wildman–Crippen LogP) is 4.78. The number of hydrogen-bond donors (Lipinski definition) is 0. The fourth-order valence-corrected chi connectivity index (χ4v) is 3.66. The van der Waals surface area contributed by atoms with Gasteiger partial charge in [-0.25, -0.2) is 9.37 Å². The third kappa shape index (κ3) is 3.47. The number of amides is 1. The Labute approximate surface area is 161 Å². The first kappa shape index (κ1) is 17.8. The van der Waals surface area contributed by atoms with Gasteiger partial charge < -0.3 is 4.42 Å². The van der Waals surface area contributed by atoms with E-state index in [2.05, 4.69) is 4.98 Å². The minimum absolute atomic E-state index is 0.173. The summed E-state index contributed by atoms with van der Waals surface area (Å²) in [5.41, 5.74) is 1.39. The van der Waals surface area contributed by atoms with Crippen molar-refractivity contribution in [2.24, 2.45) is 0 Å². The standard InChI is InChI=1S/C19H12FN3O4S/c20-13-6-7-14-16(10-13)28-19(21-14)22(11-12-4-2-1-3-5-12)18(24)15-8-9-17(27-15)23(25)26/h1-10H,11H2. The maximum atomic E-state index is 13.5. The van der Waals surface area contributed by atoms with Gasteiger partial charge >= 0.3 is 5.88 Å². The van der Waals surface area contributed by atoms with E-state index in [0.29, 0.717) is 15.3 Å². The quantitative estimate of drug-likeness (QED) is 0.357. The van der Waals surface area contributed by atoms with Crippen LogP contribution in [0.1, 0.15) is 16.1 Å². The number of aromatic nitrogens is 1. The summed E-state index contributed by atoms with van der Waals surface area (Å²) < 4.78 is 19.2. The Hall–Kier alpha value is -3.59. The molecule has 28 heavy (non-hydrogen) atoms. The highest BCUT2D eigenvalue weighted by atomic mass is 32.1. The van der Waals surface area contributed by atoms with Crippen molar-refractivity contribution in [2.45, 2.75) is 6.54 Å². The molecule has 0 spiro atoms. The molecule has 0 radical (unpaired) electrons. The van der Waals surface area contributed by atoms with Crippen molar-refractivity contribution in [1.29, 1.82) is 0 Å². The highest BCUT2D eigenvalue weighted by molar-refractivity contribution is 7.22. The number of fused-ring (bicyclic) bond motifs is 1. The topological polar surface area (TPSA) is 89.5 Å². The summed E-state index contributed by atoms with van der Waals surface area (Å²) in [5.74, 6) is -1.66. The van der Waals surface area contributed by atoms with Gasteiger partial charge in [0.25, 0.3) is 5.91 Å². The molecule has 0 atom stereocenters. The molecule has 0 aliphatic carbocycles. The van der Waals surface area contributed by atoms with Gasteiger partial charge in [0.15, 0.2) is 10.9 Å². The van der Waals surface area contributed by atoms with Crippen LogP contribution in [0, 0.1) is 15.9 Å². The van der Waals surface area contributed by atoms with Crippen LogP contribution in [0.15, 0.2) is 65.1 Å². The number of benzene rings is 2. The Morgan fingerprint density at radius 1 is 1.18 bits per heavy atom. The zero-order chi connectivity index (χ0) is 19.7. The van der Waals surface area contributed by atoms with Gasteiger partial charge in [0.05, 0.1) is 22.8 Å². The molecule has 7 nitrogen and oxygen atoms in total. The molecular weight excluding hydrogens is 385 g/mol. The van der Waals surface area contributed by atoms with E-state index in [0.717, 1.165) is 23.0 Å². The Kier molecular flexibility index (Phi) is 4.58. The number of halogens is 1. The van der Waals surface area contributed by atoms with E-state index < -0.39 is 22.5 Å². The molecule has 4 aromatic rings. The molecule has 2 aromatic heterocycles. The lowest BCUT2D eigenvalue weighted by Crippen LogP contribution is -2.30. The van der Waals surface area contributed by atoms with E-state index in [-0.39, 0.29) is 12.3 Å². The maximum Gasteiger partial charge on any atom is 0.433 e. The number of nitrogens with zero attached hydrogens (tertiary/aromatic N) is 3. The zero-order valence-electron chi connectivity index (χ0n) is 14.2. The van der Waals surface area contributed by atoms with Gasteiger partial charge in [-0.1, -0.05) is 41.7 Å². The van der Waals surface area contributed by atoms with E-state index in [1.807, 2.05) is 30.3 Å². The second-order valence-electron chi connectivity index (χ2n) is 5.88. The zero-order valence-corrected chi connectivity index (χ0v) is 15.1. The molecule has 2 heterocycles. The average molecular weight is 397 g/mol. The van der Waals surface area contributed by atoms with Crippen molar-refractivity contribution >= 4 is 38.5 Å². The van der Waals surface area contributed by atoms with Gasteiger partial charge in [0.1, 0.15) is 10.7 Å². The molecule has 0 bridgehead atoms. The molecular formula is C19H12FN3O4S. The molecule has 0 saturated carbocycles. The minimum Gasteiger partial charge on any atom is -0.395 e. The largest absolute Gasteiger partial charge is 0.433 e. The highest BCUT2D eigenvalue weighted by Gasteiger charge is 2.26. The third-order valence-electron chi connectivity index (χ3n) is 3.98. The van der Waals surface area contributed by atoms with Crippen LogP contribution in [-0.4, -0.2) is 15.8 Å². The van der Waals surface area contributed by atoms with Crippen molar-refractivity contribution in [3.05, 3.63) is 87.9 Å². The normalized spacial score (nSPS) is 10.9. The van der Waals surface area contributed by atoms with Crippen molar-refractivity contribution in [2.75, 3.05) is 4.90 Å². The highest BCUT2D eigenvalue weighted by Crippen LogP contribution is 2.32. The third-order valence-corrected chi connectivity index (χ3v) is 5.02. The maximum absolute atomic E-state index is 13.5. The second kappa shape index (κ2) is 7.20. The first-order chi connectivity index (χ1) is 13.5. The fourth-order valence-electron chi connectivity index (χ4n) is 2.67. The Bertz CT molecular complexity index is 1170. The van der Waals surface area contributed by atoms with E-state index >= 15 is 0 Å². The van der Waals surface area contributed by atoms with Gasteiger partial charge in [-0.3, -0.25) is 19.8 Å². The van der Waals surface area contributed by atoms with Gasteiger partial charge in [0.2, 0.25) is 0 Å². The van der Waals surface area contributed by atoms with E-state index in [4.69, 9.17) is 4.42 Å². The molecule has 0 unspecified atom stereocenters. The van der Waals surface area contributed by atoms with Crippen LogP contribution in [0.3, 0.4) is 0 Å². The number of nitro groups is 1. The summed E-state index contributed by atoms with van der Waals surface area (Å²) in [6.45, 7) is 0.177. The average Bonchev–Trinajstić information content (AvgIpc) is 3.33. The monoisotopic (exact) mass is 397 g/mol. The summed E-state index contributed by atoms with van der Waals surface area (Å²) in [4.78, 5) is 29.0. The molecule has 2 aromatic carbocycles. The molecule has 9 heteroatoms. The van der Waals surface area contributed by atoms with Gasteiger partial charge in [-0.2, -0.15) is 0 Å². The van der Waals surface area contributed by atoms with E-state index in [9.17, 15) is 19.3 Å². The summed E-state index contributed by atoms with van der Waals surface area (Å²) in [6, 6.07) is 15.8. The molecule has 1 amide bonds. The number of anilines is 1. The molecule has 140 valence electrons. The van der Waals surface area contributed by atoms with Crippen molar-refractivity contribution in [3.8, 4) is 0 Å². The predicted molar refractivity (Wildman–Crippen MR) is 102 cm³/mol. The number of rotatable bonds is 5. The first-order valence-corrected chi connectivity index (χ1v) is 8.99. The number of thiazole rings is 1. The molecule has 0 fully saturated rings. The Morgan fingerprint density at radius 2 is 1.96 bits per heavy atom. The van der Waals surface area contributed by atoms with Crippen molar-refractivity contribution < 1.29 is 18.5 Å². The fraction of sp³-hybridized carbons (Fsp3) is 0.0526. The lowest BCUT2D eigenvalue weighted by atomic mass is 10.2. The van der Waals surface area contributed by atoms with Gasteiger partial charge in [-0.05, 0) is 29.8 Å². The summed E-state index contributed by atoms with van der Waals surface area (Å²) >= 11 is 1.15. The van der Waals surface area contributed by atoms with Crippen LogP contribution >= 0.6 is 11.3 Å². The minimum atomic E-state index is -0.710. The number of hydrogen-bond acceptors (Lipinski definition) is 6. The smallest absolute Gasteiger partial charge is 0.395 e. The van der Waals surface area contributed by atoms with Crippen LogP contribution < -0.4 is 4.90 Å². The van der Waals surface area contributed by atoms with Gasteiger partial charge in [0, 0.05) is 0 Å². The van der Waals surface area contributed by atoms with Crippen LogP contribution in [0.2, 0.25) is 0 Å². The summed E-state index contributed by atoms with van der Waals surface area (Å²) in [6.07, 6.45) is 0. The molecule has 4 rings (SSSR count). The van der Waals surface area contributed by atoms with Crippen LogP contribution in [0.4, 0.5) is 15.4 Å². The van der Waals surface area contributed by atoms with Crippen LogP contribution in [0.5, 0.6) is 0 Å². The Balaban J connectivity index is 1.75. The first-order valence-electron chi connectivity index (χ1n) is 8.17. The second-order valence-corrected chi connectivity index (χ2v) is 6.89. The number of carbonyl (C=O) groups is 1. The lowest BCUT2D eigenvalue weighted by Gasteiger charge is -2.18. The van der Waals surface area contributed by atoms with Gasteiger partial charge in [-0.15, -0.1) is 0 Å². The van der Waals surface area contributed by atoms with Crippen molar-refractivity contribution in [1.82, 2.24) is 4.98 Å². The summed E-state index contributed by atoms with van der Waals surface area (Å²) in [5, 5.41) is 11.2. The number of carbonyl (C=O) groups excluding carboxylic acids is 1. The van der Waals surface area contributed by atoms with Crippen molar-refractivity contribution in [3.63, 3.8) is 0 Å². The Morgan fingerprint density at radius 3 is 2.68 bits per heavy atom. The molecule has 0 aliphatic heterocycles. The lowest BCUT2D eigenvalue weighted by molar-refractivity contribution is -0.402. The molecule has 0 saturated heterocycles. The SMILES string of the molecule is O=C(c1ccc([N+](=O)[O-])o1)N(Cc1ccccc1)c1nc2ccc(F)cc2s1. The summed E-state index contributed by atoms with van der Waals surface area (Å²) in [7, 11) is 0. The van der Waals surface area contributed by atoms with Crippen LogP contribution in [0.25, 0.3) is 10.2 Å². The van der Waals surface area contributed by atoms with E-state index in [1.54, 1.807) is 0 Å². The van der Waals surface area contributed by atoms with Crippen LogP contribution in [-0.2, 0) is 6.54 Å². The van der Waals surface area contributed by atoms with E-state index in [1.165, 1.54) is 29.2 Å². The molecule has 0 aliphatic rings. The molecule has 0 N–H and O–H groups in total. The number of furan rings is 1.